The maximum atomic E-state index is 15.4. The third kappa shape index (κ3) is 6.40. The lowest BCUT2D eigenvalue weighted by Gasteiger charge is -2.37. The van der Waals surface area contributed by atoms with Crippen LogP contribution < -0.4 is 21.1 Å². The number of imide groups is 2. The molecule has 3 saturated heterocycles. The Morgan fingerprint density at radius 3 is 2.34 bits per heavy atom. The molecule has 50 heavy (non-hydrogen) atoms. The van der Waals surface area contributed by atoms with Gasteiger partial charge in [0.05, 0.1) is 28.7 Å². The first-order valence-corrected chi connectivity index (χ1v) is 17.1. The van der Waals surface area contributed by atoms with Crippen molar-refractivity contribution in [3.8, 4) is 0 Å². The highest BCUT2D eigenvalue weighted by Gasteiger charge is 2.45. The number of anilines is 2. The van der Waals surface area contributed by atoms with E-state index in [2.05, 4.69) is 56.8 Å². The van der Waals surface area contributed by atoms with Gasteiger partial charge in [-0.05, 0) is 56.0 Å². The van der Waals surface area contributed by atoms with Crippen molar-refractivity contribution in [2.24, 2.45) is 7.05 Å². The minimum Gasteiger partial charge on any atom is -0.379 e. The van der Waals surface area contributed by atoms with Crippen molar-refractivity contribution in [2.45, 2.75) is 50.7 Å². The van der Waals surface area contributed by atoms with Crippen LogP contribution in [0.5, 0.6) is 0 Å². The molecule has 0 spiro atoms. The first-order valence-electron chi connectivity index (χ1n) is 17.1. The van der Waals surface area contributed by atoms with Gasteiger partial charge in [-0.2, -0.15) is 5.10 Å². The van der Waals surface area contributed by atoms with Crippen molar-refractivity contribution in [3.63, 3.8) is 0 Å². The molecule has 14 heteroatoms. The zero-order valence-corrected chi connectivity index (χ0v) is 28.4. The molecule has 3 fully saturated rings. The third-order valence-corrected chi connectivity index (χ3v) is 10.4. The quantitative estimate of drug-likeness (QED) is 0.355. The molecule has 4 aliphatic rings. The fourth-order valence-corrected chi connectivity index (χ4v) is 7.70. The van der Waals surface area contributed by atoms with Gasteiger partial charge < -0.3 is 15.1 Å². The van der Waals surface area contributed by atoms with Crippen LogP contribution in [0, 0.1) is 12.7 Å². The average molecular weight is 685 g/mol. The fraction of sp³-hybridized carbons (Fsp3) is 0.444. The first-order chi connectivity index (χ1) is 24.0. The van der Waals surface area contributed by atoms with Gasteiger partial charge in [-0.1, -0.05) is 24.3 Å². The fourth-order valence-electron chi connectivity index (χ4n) is 7.70. The van der Waals surface area contributed by atoms with Crippen molar-refractivity contribution in [1.29, 1.82) is 0 Å². The van der Waals surface area contributed by atoms with Crippen molar-refractivity contribution >= 4 is 35.0 Å². The highest BCUT2D eigenvalue weighted by Crippen LogP contribution is 2.33. The molecule has 1 aromatic heterocycles. The molecule has 13 nitrogen and oxygen atoms in total. The van der Waals surface area contributed by atoms with Crippen LogP contribution in [0.4, 0.5) is 15.8 Å². The number of rotatable bonds is 7. The molecule has 4 aliphatic heterocycles. The van der Waals surface area contributed by atoms with Gasteiger partial charge >= 0.3 is 0 Å². The van der Waals surface area contributed by atoms with Crippen molar-refractivity contribution < 1.29 is 23.6 Å². The topological polar surface area (TPSA) is 140 Å². The number of carbonyl (C=O) groups is 4. The number of hydrogen-bond acceptors (Lipinski definition) is 10. The molecule has 0 bridgehead atoms. The summed E-state index contributed by atoms with van der Waals surface area (Å²) in [6, 6.07) is 10.3. The van der Waals surface area contributed by atoms with Crippen LogP contribution in [0.1, 0.15) is 62.6 Å². The minimum atomic E-state index is -1.10. The lowest BCUT2D eigenvalue weighted by molar-refractivity contribution is -0.136. The van der Waals surface area contributed by atoms with Gasteiger partial charge in [-0.25, -0.2) is 9.07 Å². The van der Waals surface area contributed by atoms with Crippen LogP contribution in [0.2, 0.25) is 0 Å². The van der Waals surface area contributed by atoms with E-state index in [9.17, 15) is 24.0 Å². The number of fused-ring (bicyclic) bond motifs is 1. The molecule has 5 heterocycles. The van der Waals surface area contributed by atoms with E-state index in [0.29, 0.717) is 37.7 Å². The number of hydrogen-bond donors (Lipinski definition) is 2. The lowest BCUT2D eigenvalue weighted by atomic mass is 9.87. The number of piperazine rings is 1. The Balaban J connectivity index is 0.953. The molecule has 3 atom stereocenters. The highest BCUT2D eigenvalue weighted by atomic mass is 19.1. The monoisotopic (exact) mass is 684 g/mol. The molecular formula is C36H41FN8O5. The second kappa shape index (κ2) is 13.4. The van der Waals surface area contributed by atoms with E-state index in [0.717, 1.165) is 42.7 Å². The molecule has 0 radical (unpaired) electrons. The molecule has 2 N–H and O–H groups in total. The number of halogens is 1. The maximum Gasteiger partial charge on any atom is 0.271 e. The summed E-state index contributed by atoms with van der Waals surface area (Å²) in [6.07, 6.45) is 2.72. The van der Waals surface area contributed by atoms with Crippen LogP contribution in [0.25, 0.3) is 0 Å². The van der Waals surface area contributed by atoms with Crippen molar-refractivity contribution in [3.05, 3.63) is 86.6 Å². The van der Waals surface area contributed by atoms with Gasteiger partial charge in [-0.3, -0.25) is 39.1 Å². The summed E-state index contributed by atoms with van der Waals surface area (Å²) in [4.78, 5) is 70.0. The Morgan fingerprint density at radius 1 is 0.940 bits per heavy atom. The zero-order chi connectivity index (χ0) is 35.3. The van der Waals surface area contributed by atoms with E-state index in [1.54, 1.807) is 13.2 Å². The Hall–Kier alpha value is -4.95. The molecule has 262 valence electrons. The van der Waals surface area contributed by atoms with E-state index in [1.807, 2.05) is 11.8 Å². The van der Waals surface area contributed by atoms with E-state index in [1.165, 1.54) is 21.9 Å². The minimum absolute atomic E-state index is 0.0201. The van der Waals surface area contributed by atoms with E-state index in [4.69, 9.17) is 0 Å². The number of likely N-dealkylation sites (N-methyl/N-ethyl adjacent to an activating group) is 1. The summed E-state index contributed by atoms with van der Waals surface area (Å²) in [5.41, 5.74) is 4.06. The number of benzene rings is 2. The predicted octanol–water partition coefficient (Wildman–Crippen LogP) is 1.85. The predicted molar refractivity (Wildman–Crippen MR) is 183 cm³/mol. The summed E-state index contributed by atoms with van der Waals surface area (Å²) in [5, 5.41) is 9.91. The Bertz CT molecular complexity index is 1920. The smallest absolute Gasteiger partial charge is 0.271 e. The average Bonchev–Trinajstić information content (AvgIpc) is 3.33. The van der Waals surface area contributed by atoms with Gasteiger partial charge in [0.25, 0.3) is 17.4 Å². The number of aryl methyl sites for hydroxylation is 1. The van der Waals surface area contributed by atoms with E-state index >= 15 is 4.39 Å². The molecular weight excluding hydrogens is 643 g/mol. The van der Waals surface area contributed by atoms with Crippen molar-refractivity contribution in [1.82, 2.24) is 29.8 Å². The Morgan fingerprint density at radius 2 is 1.64 bits per heavy atom. The summed E-state index contributed by atoms with van der Waals surface area (Å²) < 4.78 is 16.7. The number of nitrogens with zero attached hydrogens (tertiary/aromatic N) is 6. The number of likely N-dealkylation sites (tertiary alicyclic amines) is 1. The van der Waals surface area contributed by atoms with Crippen LogP contribution in [-0.4, -0.2) is 107 Å². The molecule has 0 saturated carbocycles. The molecule has 3 aromatic rings. The molecule has 3 unspecified atom stereocenters. The second-order valence-electron chi connectivity index (χ2n) is 13.9. The van der Waals surface area contributed by atoms with Crippen LogP contribution >= 0.6 is 0 Å². The second-order valence-corrected chi connectivity index (χ2v) is 13.9. The standard InChI is InChI=1S/C36H41FN8O5/c1-21-29(17-38-42(3)34(21)48)39-25-14-24(19-41(2)20-25)23-6-4-22(5-7-23)18-43-10-12-44(13-11-43)31-16-27-26(15-28(31)37)35(49)45(36(27)50)30-8-9-32(46)40-33(30)47/h4-7,15-17,24-25,30,39H,8-14,18-20H2,1-3H3,(H,40,46,47). The van der Waals surface area contributed by atoms with Crippen LogP contribution in [0.3, 0.4) is 0 Å². The maximum absolute atomic E-state index is 15.4. The molecule has 7 rings (SSSR count). The van der Waals surface area contributed by atoms with Crippen molar-refractivity contribution in [2.75, 3.05) is 56.5 Å². The summed E-state index contributed by atoms with van der Waals surface area (Å²) in [6.45, 7) is 6.85. The Labute approximate surface area is 289 Å². The number of carbonyl (C=O) groups excluding carboxylic acids is 4. The third-order valence-electron chi connectivity index (χ3n) is 10.4. The van der Waals surface area contributed by atoms with E-state index in [-0.39, 0.29) is 41.3 Å². The van der Waals surface area contributed by atoms with Crippen LogP contribution in [0.15, 0.2) is 47.4 Å². The van der Waals surface area contributed by atoms with Gasteiger partial charge in [0.2, 0.25) is 11.8 Å². The SMILES string of the molecule is Cc1c(NC2CC(c3ccc(CN4CCN(c5cc6c(cc5F)C(=O)N(C5CCC(=O)NC5=O)C6=O)CC4)cc3)CN(C)C2)cnn(C)c1=O. The van der Waals surface area contributed by atoms with Crippen LogP contribution in [-0.2, 0) is 23.2 Å². The normalized spacial score (nSPS) is 23.3. The molecule has 0 aliphatic carbocycles. The molecule has 4 amide bonds. The van der Waals surface area contributed by atoms with Gasteiger partial charge in [0, 0.05) is 70.9 Å². The largest absolute Gasteiger partial charge is 0.379 e. The number of nitrogens with one attached hydrogen (secondary N) is 2. The van der Waals surface area contributed by atoms with Gasteiger partial charge in [0.1, 0.15) is 11.9 Å². The summed E-state index contributed by atoms with van der Waals surface area (Å²) in [7, 11) is 3.77. The number of aromatic nitrogens is 2. The number of amides is 4. The molecule has 2 aromatic carbocycles. The summed E-state index contributed by atoms with van der Waals surface area (Å²) >= 11 is 0. The van der Waals surface area contributed by atoms with Gasteiger partial charge in [0.15, 0.2) is 0 Å². The first kappa shape index (κ1) is 33.5. The Kier molecular flexibility index (Phi) is 8.99. The summed E-state index contributed by atoms with van der Waals surface area (Å²) in [5.74, 6) is -2.77. The zero-order valence-electron chi connectivity index (χ0n) is 28.4. The van der Waals surface area contributed by atoms with Gasteiger partial charge in [-0.15, -0.1) is 0 Å². The highest BCUT2D eigenvalue weighted by molar-refractivity contribution is 6.23. The lowest BCUT2D eigenvalue weighted by Crippen LogP contribution is -2.54. The van der Waals surface area contributed by atoms with E-state index < -0.39 is 35.5 Å². The number of piperidine rings is 2.